The number of hydrogen-bond acceptors (Lipinski definition) is 2. The van der Waals surface area contributed by atoms with E-state index in [9.17, 15) is 0 Å². The standard InChI is InChI=1S/C54H35N3/c1-3-14-36(15-4-1)41-20-11-21-43(34-41)45-25-13-19-39-18-12-24-44(52(39)45)38-28-30-40(31-29-38)53-47-23-7-9-26-49(47)55-54(56-53)57-50-27-10-8-22-46(50)48-35-42(32-33-51(48)57)37-16-5-2-6-17-37/h1-35H/i1D,2D,3D,4D,5D,6D,14D,15D,16D,17D. The van der Waals surface area contributed by atoms with E-state index in [4.69, 9.17) is 23.7 Å². The van der Waals surface area contributed by atoms with Crippen LogP contribution in [0, 0.1) is 0 Å². The summed E-state index contributed by atoms with van der Waals surface area (Å²) in [4.78, 5) is 10.4. The van der Waals surface area contributed by atoms with Gasteiger partial charge >= 0.3 is 0 Å². The second-order valence-corrected chi connectivity index (χ2v) is 13.8. The van der Waals surface area contributed by atoms with E-state index in [-0.39, 0.29) is 59.5 Å². The molecule has 0 fully saturated rings. The number of fused-ring (bicyclic) bond motifs is 5. The first-order chi connectivity index (χ1) is 32.4. The van der Waals surface area contributed by atoms with Crippen molar-refractivity contribution in [1.29, 1.82) is 0 Å². The number of benzene rings is 9. The largest absolute Gasteiger partial charge is 0.278 e. The third-order valence-corrected chi connectivity index (χ3v) is 10.6. The Bertz CT molecular complexity index is 3820. The molecule has 0 saturated heterocycles. The zero-order chi connectivity index (χ0) is 46.4. The molecule has 57 heavy (non-hydrogen) atoms. The van der Waals surface area contributed by atoms with E-state index in [0.717, 1.165) is 77.0 Å². The highest BCUT2D eigenvalue weighted by Crippen LogP contribution is 2.40. The molecule has 3 heteroatoms. The molecule has 0 aliphatic carbocycles. The molecule has 2 heterocycles. The van der Waals surface area contributed by atoms with Gasteiger partial charge in [-0.3, -0.25) is 4.57 Å². The van der Waals surface area contributed by atoms with Crippen LogP contribution in [-0.2, 0) is 0 Å². The van der Waals surface area contributed by atoms with Crippen molar-refractivity contribution >= 4 is 43.5 Å². The van der Waals surface area contributed by atoms with Crippen molar-refractivity contribution in [3.05, 3.63) is 212 Å². The minimum absolute atomic E-state index is 0.137. The third kappa shape index (κ3) is 5.68. The smallest absolute Gasteiger partial charge is 0.235 e. The monoisotopic (exact) mass is 735 g/mol. The Morgan fingerprint density at radius 1 is 0.386 bits per heavy atom. The van der Waals surface area contributed by atoms with Crippen molar-refractivity contribution in [2.75, 3.05) is 0 Å². The molecular formula is C54H35N3. The minimum atomic E-state index is -0.435. The lowest BCUT2D eigenvalue weighted by molar-refractivity contribution is 1.01. The Kier molecular flexibility index (Phi) is 5.73. The van der Waals surface area contributed by atoms with Gasteiger partial charge in [0, 0.05) is 21.7 Å². The van der Waals surface area contributed by atoms with Gasteiger partial charge in [0.15, 0.2) is 0 Å². The molecule has 2 aromatic heterocycles. The Morgan fingerprint density at radius 3 is 1.72 bits per heavy atom. The van der Waals surface area contributed by atoms with Crippen LogP contribution in [0.5, 0.6) is 0 Å². The Labute approximate surface area is 344 Å². The predicted octanol–water partition coefficient (Wildman–Crippen LogP) is 14.2. The zero-order valence-electron chi connectivity index (χ0n) is 40.3. The summed E-state index contributed by atoms with van der Waals surface area (Å²) in [6.45, 7) is 0. The van der Waals surface area contributed by atoms with Crippen LogP contribution in [0.1, 0.15) is 13.7 Å². The van der Waals surface area contributed by atoms with E-state index in [2.05, 4.69) is 42.5 Å². The summed E-state index contributed by atoms with van der Waals surface area (Å²) in [7, 11) is 0. The highest BCUT2D eigenvalue weighted by molar-refractivity contribution is 6.11. The van der Waals surface area contributed by atoms with Gasteiger partial charge in [0.25, 0.3) is 0 Å². The van der Waals surface area contributed by atoms with Crippen molar-refractivity contribution in [3.63, 3.8) is 0 Å². The quantitative estimate of drug-likeness (QED) is 0.170. The SMILES string of the molecule is [2H]c1c([2H])c([2H])c(-c2cccc(-c3cccc4cccc(-c5ccc(-c6nc(-n7c8ccccc8c8cc(-c9c([2H])c([2H])c([2H])c([2H])c9[2H])ccc87)nc7ccccc67)cc5)c34)c2)c([2H])c1[2H]. The van der Waals surface area contributed by atoms with Gasteiger partial charge in [-0.05, 0) is 85.6 Å². The Hall–Kier alpha value is -7.62. The second-order valence-electron chi connectivity index (χ2n) is 13.8. The molecule has 0 unspecified atom stereocenters. The van der Waals surface area contributed by atoms with E-state index in [1.807, 2.05) is 102 Å². The summed E-state index contributed by atoms with van der Waals surface area (Å²) in [6.07, 6.45) is 0. The van der Waals surface area contributed by atoms with Crippen molar-refractivity contribution in [3.8, 4) is 61.7 Å². The topological polar surface area (TPSA) is 30.7 Å². The van der Waals surface area contributed by atoms with Gasteiger partial charge in [-0.1, -0.05) is 182 Å². The number of hydrogen-bond donors (Lipinski definition) is 0. The maximum atomic E-state index is 8.65. The maximum absolute atomic E-state index is 8.65. The number of para-hydroxylation sites is 2. The fourth-order valence-electron chi connectivity index (χ4n) is 7.99. The molecule has 0 bridgehead atoms. The summed E-state index contributed by atoms with van der Waals surface area (Å²) < 4.78 is 85.8. The summed E-state index contributed by atoms with van der Waals surface area (Å²) in [5.74, 6) is 0.448. The normalized spacial score (nSPS) is 14.0. The van der Waals surface area contributed by atoms with Crippen LogP contribution < -0.4 is 0 Å². The van der Waals surface area contributed by atoms with Crippen LogP contribution in [0.2, 0.25) is 0 Å². The average molecular weight is 736 g/mol. The van der Waals surface area contributed by atoms with Crippen LogP contribution in [0.15, 0.2) is 212 Å². The molecule has 0 spiro atoms. The van der Waals surface area contributed by atoms with Crippen LogP contribution in [0.3, 0.4) is 0 Å². The highest BCUT2D eigenvalue weighted by atomic mass is 15.2. The van der Waals surface area contributed by atoms with E-state index in [1.54, 1.807) is 12.1 Å². The van der Waals surface area contributed by atoms with Gasteiger partial charge < -0.3 is 0 Å². The number of nitrogens with zero attached hydrogens (tertiary/aromatic N) is 3. The lowest BCUT2D eigenvalue weighted by Crippen LogP contribution is -2.03. The fraction of sp³-hybridized carbons (Fsp3) is 0. The van der Waals surface area contributed by atoms with Crippen molar-refractivity contribution < 1.29 is 13.7 Å². The van der Waals surface area contributed by atoms with E-state index in [1.165, 1.54) is 0 Å². The third-order valence-electron chi connectivity index (χ3n) is 10.6. The summed E-state index contributed by atoms with van der Waals surface area (Å²) in [5, 5.41) is 4.61. The van der Waals surface area contributed by atoms with Crippen molar-refractivity contribution in [2.24, 2.45) is 0 Å². The molecule has 0 aliphatic rings. The minimum Gasteiger partial charge on any atom is -0.278 e. The molecule has 0 amide bonds. The maximum Gasteiger partial charge on any atom is 0.235 e. The summed E-state index contributed by atoms with van der Waals surface area (Å²) >= 11 is 0. The van der Waals surface area contributed by atoms with Gasteiger partial charge in [-0.25, -0.2) is 9.97 Å². The van der Waals surface area contributed by atoms with E-state index >= 15 is 0 Å². The van der Waals surface area contributed by atoms with Gasteiger partial charge in [0.1, 0.15) is 0 Å². The molecular weight excluding hydrogens is 691 g/mol. The number of aromatic nitrogens is 3. The predicted molar refractivity (Wildman–Crippen MR) is 239 cm³/mol. The van der Waals surface area contributed by atoms with Gasteiger partial charge in [0.05, 0.1) is 36.0 Å². The molecule has 11 rings (SSSR count). The molecule has 0 aliphatic heterocycles. The first kappa shape index (κ1) is 24.0. The lowest BCUT2D eigenvalue weighted by atomic mass is 9.90. The molecule has 266 valence electrons. The summed E-state index contributed by atoms with van der Waals surface area (Å²) in [5.41, 5.74) is 9.07. The first-order valence-corrected chi connectivity index (χ1v) is 18.6. The van der Waals surface area contributed by atoms with Crippen LogP contribution >= 0.6 is 0 Å². The fourth-order valence-corrected chi connectivity index (χ4v) is 7.99. The van der Waals surface area contributed by atoms with Gasteiger partial charge in [-0.2, -0.15) is 0 Å². The average Bonchev–Trinajstić information content (AvgIpc) is 3.69. The molecule has 3 nitrogen and oxygen atoms in total. The van der Waals surface area contributed by atoms with Crippen LogP contribution in [0.4, 0.5) is 0 Å². The zero-order valence-corrected chi connectivity index (χ0v) is 30.3. The molecule has 9 aromatic carbocycles. The molecule has 0 saturated carbocycles. The van der Waals surface area contributed by atoms with Crippen molar-refractivity contribution in [1.82, 2.24) is 14.5 Å². The second kappa shape index (κ2) is 13.6. The van der Waals surface area contributed by atoms with Gasteiger partial charge in [-0.15, -0.1) is 0 Å². The summed E-state index contributed by atoms with van der Waals surface area (Å²) in [6, 6.07) is 46.0. The lowest BCUT2D eigenvalue weighted by Gasteiger charge is -2.15. The molecule has 11 aromatic rings. The van der Waals surface area contributed by atoms with Crippen LogP contribution in [-0.4, -0.2) is 14.5 Å². The van der Waals surface area contributed by atoms with Gasteiger partial charge in [0.2, 0.25) is 5.95 Å². The molecule has 0 radical (unpaired) electrons. The number of rotatable bonds is 6. The molecule has 0 N–H and O–H groups in total. The highest BCUT2D eigenvalue weighted by Gasteiger charge is 2.18. The van der Waals surface area contributed by atoms with E-state index in [0.29, 0.717) is 17.1 Å². The Morgan fingerprint density at radius 2 is 0.965 bits per heavy atom. The molecule has 0 atom stereocenters. The van der Waals surface area contributed by atoms with E-state index < -0.39 is 12.1 Å². The van der Waals surface area contributed by atoms with Crippen molar-refractivity contribution in [2.45, 2.75) is 0 Å². The first-order valence-electron chi connectivity index (χ1n) is 23.6. The van der Waals surface area contributed by atoms with Crippen LogP contribution in [0.25, 0.3) is 105 Å². The Balaban J connectivity index is 1.03.